The number of carboxylic acid groups (broad SMARTS) is 2. The van der Waals surface area contributed by atoms with Crippen LogP contribution in [0.4, 0.5) is 4.79 Å². The van der Waals surface area contributed by atoms with Gasteiger partial charge in [0.15, 0.2) is 0 Å². The van der Waals surface area contributed by atoms with Gasteiger partial charge in [-0.1, -0.05) is 6.92 Å². The van der Waals surface area contributed by atoms with Gasteiger partial charge in [-0.2, -0.15) is 0 Å². The van der Waals surface area contributed by atoms with Crippen LogP contribution in [0.3, 0.4) is 0 Å². The first kappa shape index (κ1) is 17.2. The van der Waals surface area contributed by atoms with Crippen LogP contribution < -0.4 is 10.6 Å². The molecule has 21 heavy (non-hydrogen) atoms. The van der Waals surface area contributed by atoms with Crippen molar-refractivity contribution >= 4 is 18.0 Å². The molecule has 9 heteroatoms. The number of aliphatic carboxylic acids is 2. The van der Waals surface area contributed by atoms with E-state index in [0.29, 0.717) is 13.2 Å². The highest BCUT2D eigenvalue weighted by atomic mass is 16.5. The third-order valence-corrected chi connectivity index (χ3v) is 3.14. The third kappa shape index (κ3) is 6.41. The summed E-state index contributed by atoms with van der Waals surface area (Å²) in [5, 5.41) is 22.0. The lowest BCUT2D eigenvalue weighted by Gasteiger charge is -2.32. The predicted octanol–water partition coefficient (Wildman–Crippen LogP) is -1.07. The van der Waals surface area contributed by atoms with Crippen molar-refractivity contribution in [2.45, 2.75) is 25.5 Å². The fourth-order valence-electron chi connectivity index (χ4n) is 1.98. The molecule has 1 aliphatic rings. The van der Waals surface area contributed by atoms with Crippen LogP contribution in [0.2, 0.25) is 0 Å². The van der Waals surface area contributed by atoms with E-state index in [0.717, 1.165) is 13.1 Å². The second-order valence-electron chi connectivity index (χ2n) is 4.73. The Bertz CT molecular complexity index is 389. The van der Waals surface area contributed by atoms with Crippen LogP contribution in [-0.2, 0) is 14.3 Å². The van der Waals surface area contributed by atoms with Crippen molar-refractivity contribution in [3.8, 4) is 0 Å². The second kappa shape index (κ2) is 8.42. The summed E-state index contributed by atoms with van der Waals surface area (Å²) in [5.41, 5.74) is 0. The summed E-state index contributed by atoms with van der Waals surface area (Å²) in [5.74, 6) is -2.68. The fraction of sp³-hybridized carbons (Fsp3) is 0.750. The molecule has 0 aromatic carbocycles. The average molecular weight is 303 g/mol. The molecular weight excluding hydrogens is 282 g/mol. The van der Waals surface area contributed by atoms with Crippen molar-refractivity contribution in [2.75, 3.05) is 32.8 Å². The molecule has 0 aromatic rings. The smallest absolute Gasteiger partial charge is 0.326 e. The minimum absolute atomic E-state index is 0.160. The molecule has 0 aliphatic carbocycles. The van der Waals surface area contributed by atoms with Crippen LogP contribution >= 0.6 is 0 Å². The maximum absolute atomic E-state index is 11.6. The summed E-state index contributed by atoms with van der Waals surface area (Å²) < 4.78 is 5.48. The number of urea groups is 1. The van der Waals surface area contributed by atoms with E-state index in [1.54, 1.807) is 0 Å². The zero-order valence-electron chi connectivity index (χ0n) is 11.9. The molecule has 1 unspecified atom stereocenters. The zero-order chi connectivity index (χ0) is 15.8. The van der Waals surface area contributed by atoms with Gasteiger partial charge in [0.2, 0.25) is 0 Å². The van der Waals surface area contributed by atoms with E-state index in [1.165, 1.54) is 0 Å². The van der Waals surface area contributed by atoms with E-state index in [-0.39, 0.29) is 12.6 Å². The molecule has 0 spiro atoms. The molecule has 0 aromatic heterocycles. The number of likely N-dealkylation sites (N-methyl/N-ethyl adjacent to an activating group) is 1. The standard InChI is InChI=1S/C12H21N3O6/c1-2-15-3-4-21-8(7-15)6-13-12(20)14-9(11(18)19)5-10(16)17/h8-9H,2-7H2,1H3,(H,16,17)(H,18,19)(H2,13,14,20)/t8?,9-/m0/s1. The van der Waals surface area contributed by atoms with Gasteiger partial charge in [-0.05, 0) is 6.54 Å². The van der Waals surface area contributed by atoms with Crippen molar-refractivity contribution in [3.05, 3.63) is 0 Å². The summed E-state index contributed by atoms with van der Waals surface area (Å²) in [6, 6.07) is -2.18. The first-order chi connectivity index (χ1) is 9.92. The van der Waals surface area contributed by atoms with Gasteiger partial charge in [0.05, 0.1) is 19.1 Å². The molecule has 9 nitrogen and oxygen atoms in total. The lowest BCUT2D eigenvalue weighted by molar-refractivity contribution is -0.145. The number of hydrogen-bond donors (Lipinski definition) is 4. The number of ether oxygens (including phenoxy) is 1. The highest BCUT2D eigenvalue weighted by Crippen LogP contribution is 2.03. The summed E-state index contributed by atoms with van der Waals surface area (Å²) in [7, 11) is 0. The molecule has 120 valence electrons. The van der Waals surface area contributed by atoms with Crippen molar-refractivity contribution in [1.82, 2.24) is 15.5 Å². The Hall–Kier alpha value is -1.87. The molecular formula is C12H21N3O6. The number of rotatable bonds is 7. The van der Waals surface area contributed by atoms with Gasteiger partial charge in [0.25, 0.3) is 0 Å². The quantitative estimate of drug-likeness (QED) is 0.471. The SMILES string of the molecule is CCN1CCOC(CNC(=O)N[C@@H](CC(=O)O)C(=O)O)C1. The van der Waals surface area contributed by atoms with E-state index in [9.17, 15) is 14.4 Å². The molecule has 1 aliphatic heterocycles. The van der Waals surface area contributed by atoms with Crippen molar-refractivity contribution < 1.29 is 29.3 Å². The normalized spacial score (nSPS) is 20.5. The van der Waals surface area contributed by atoms with Gasteiger partial charge >= 0.3 is 18.0 Å². The van der Waals surface area contributed by atoms with E-state index in [2.05, 4.69) is 15.5 Å². The van der Waals surface area contributed by atoms with E-state index in [4.69, 9.17) is 14.9 Å². The molecule has 1 rings (SSSR count). The molecule has 1 heterocycles. The largest absolute Gasteiger partial charge is 0.481 e. The Morgan fingerprint density at radius 1 is 1.38 bits per heavy atom. The van der Waals surface area contributed by atoms with Gasteiger partial charge in [-0.3, -0.25) is 9.69 Å². The lowest BCUT2D eigenvalue weighted by atomic mass is 10.2. The van der Waals surface area contributed by atoms with E-state index < -0.39 is 30.4 Å². The maximum atomic E-state index is 11.6. The summed E-state index contributed by atoms with van der Waals surface area (Å²) >= 11 is 0. The van der Waals surface area contributed by atoms with E-state index in [1.807, 2.05) is 6.92 Å². The minimum Gasteiger partial charge on any atom is -0.481 e. The molecule has 4 N–H and O–H groups in total. The molecule has 2 amide bonds. The predicted molar refractivity (Wildman–Crippen MR) is 72.1 cm³/mol. The van der Waals surface area contributed by atoms with Gasteiger partial charge in [-0.25, -0.2) is 9.59 Å². The Balaban J connectivity index is 2.35. The van der Waals surface area contributed by atoms with Gasteiger partial charge in [0.1, 0.15) is 6.04 Å². The molecule has 2 atom stereocenters. The fourth-order valence-corrected chi connectivity index (χ4v) is 1.98. The summed E-state index contributed by atoms with van der Waals surface area (Å²) in [4.78, 5) is 35.1. The van der Waals surface area contributed by atoms with Gasteiger partial charge in [0, 0.05) is 19.6 Å². The Morgan fingerprint density at radius 3 is 2.67 bits per heavy atom. The summed E-state index contributed by atoms with van der Waals surface area (Å²) in [6.45, 7) is 5.28. The zero-order valence-corrected chi connectivity index (χ0v) is 11.9. The molecule has 1 fully saturated rings. The Labute approximate surface area is 122 Å². The second-order valence-corrected chi connectivity index (χ2v) is 4.73. The topological polar surface area (TPSA) is 128 Å². The van der Waals surface area contributed by atoms with Crippen LogP contribution in [0.15, 0.2) is 0 Å². The maximum Gasteiger partial charge on any atom is 0.326 e. The summed E-state index contributed by atoms with van der Waals surface area (Å²) in [6.07, 6.45) is -0.834. The molecule has 0 bridgehead atoms. The number of carbonyl (C=O) groups excluding carboxylic acids is 1. The average Bonchev–Trinajstić information content (AvgIpc) is 2.44. The van der Waals surface area contributed by atoms with Crippen molar-refractivity contribution in [3.63, 3.8) is 0 Å². The molecule has 0 radical (unpaired) electrons. The van der Waals surface area contributed by atoms with Gasteiger partial charge < -0.3 is 25.6 Å². The number of nitrogens with one attached hydrogen (secondary N) is 2. The van der Waals surface area contributed by atoms with Crippen molar-refractivity contribution in [1.29, 1.82) is 0 Å². The number of amides is 2. The number of nitrogens with zero attached hydrogens (tertiary/aromatic N) is 1. The number of carboxylic acids is 2. The van der Waals surface area contributed by atoms with Crippen LogP contribution in [0.5, 0.6) is 0 Å². The number of morpholine rings is 1. The van der Waals surface area contributed by atoms with Gasteiger partial charge in [-0.15, -0.1) is 0 Å². The Kier molecular flexibility index (Phi) is 6.89. The highest BCUT2D eigenvalue weighted by Gasteiger charge is 2.24. The monoisotopic (exact) mass is 303 g/mol. The van der Waals surface area contributed by atoms with Crippen LogP contribution in [0.1, 0.15) is 13.3 Å². The highest BCUT2D eigenvalue weighted by molar-refractivity contribution is 5.86. The minimum atomic E-state index is -1.46. The van der Waals surface area contributed by atoms with E-state index >= 15 is 0 Å². The Morgan fingerprint density at radius 2 is 2.10 bits per heavy atom. The van der Waals surface area contributed by atoms with Crippen LogP contribution in [0.25, 0.3) is 0 Å². The van der Waals surface area contributed by atoms with Crippen LogP contribution in [-0.4, -0.2) is 78.0 Å². The lowest BCUT2D eigenvalue weighted by Crippen LogP contribution is -2.51. The number of carbonyl (C=O) groups is 3. The first-order valence-corrected chi connectivity index (χ1v) is 6.75. The molecule has 0 saturated carbocycles. The first-order valence-electron chi connectivity index (χ1n) is 6.75. The van der Waals surface area contributed by atoms with Crippen LogP contribution in [0, 0.1) is 0 Å². The number of hydrogen-bond acceptors (Lipinski definition) is 5. The molecule has 1 saturated heterocycles. The third-order valence-electron chi connectivity index (χ3n) is 3.14. The van der Waals surface area contributed by atoms with Crippen molar-refractivity contribution in [2.24, 2.45) is 0 Å².